The zero-order valence-electron chi connectivity index (χ0n) is 10.4. The van der Waals surface area contributed by atoms with Gasteiger partial charge in [-0.3, -0.25) is 4.79 Å². The van der Waals surface area contributed by atoms with E-state index < -0.39 is 6.10 Å². The van der Waals surface area contributed by atoms with Gasteiger partial charge in [0.1, 0.15) is 12.2 Å². The second-order valence-electron chi connectivity index (χ2n) is 4.29. The zero-order chi connectivity index (χ0) is 13.0. The quantitative estimate of drug-likeness (QED) is 0.814. The minimum absolute atomic E-state index is 0.0375. The third-order valence-corrected chi connectivity index (χ3v) is 2.87. The summed E-state index contributed by atoms with van der Waals surface area (Å²) in [5.41, 5.74) is 7.26. The van der Waals surface area contributed by atoms with Crippen molar-refractivity contribution < 1.29 is 14.3 Å². The van der Waals surface area contributed by atoms with Gasteiger partial charge >= 0.3 is 0 Å². The summed E-state index contributed by atoms with van der Waals surface area (Å²) in [7, 11) is 0. The molecule has 0 spiro atoms. The molecule has 1 unspecified atom stereocenters. The molecular weight excluding hydrogens is 232 g/mol. The summed E-state index contributed by atoms with van der Waals surface area (Å²) >= 11 is 0. The number of nitrogens with one attached hydrogen (secondary N) is 1. The Morgan fingerprint density at radius 1 is 1.56 bits per heavy atom. The first kappa shape index (κ1) is 13.0. The van der Waals surface area contributed by atoms with Gasteiger partial charge in [-0.1, -0.05) is 18.2 Å². The third-order valence-electron chi connectivity index (χ3n) is 2.87. The molecule has 0 bridgehead atoms. The van der Waals surface area contributed by atoms with Crippen LogP contribution in [0.4, 0.5) is 5.69 Å². The normalized spacial score (nSPS) is 17.0. The minimum atomic E-state index is -0.496. The van der Waals surface area contributed by atoms with Crippen molar-refractivity contribution in [3.8, 4) is 0 Å². The molecule has 1 aliphatic rings. The van der Waals surface area contributed by atoms with Crippen LogP contribution in [-0.2, 0) is 20.8 Å². The first-order chi connectivity index (χ1) is 8.70. The van der Waals surface area contributed by atoms with Gasteiger partial charge in [0.05, 0.1) is 13.2 Å². The molecule has 98 valence electrons. The molecular formula is C13H18N2O3. The average Bonchev–Trinajstić information content (AvgIpc) is 2.34. The molecule has 1 aliphatic heterocycles. The molecule has 0 aliphatic carbocycles. The van der Waals surface area contributed by atoms with Crippen LogP contribution in [0.15, 0.2) is 24.3 Å². The Balaban J connectivity index is 1.92. The Bertz CT molecular complexity index is 418. The molecule has 1 heterocycles. The van der Waals surface area contributed by atoms with Crippen molar-refractivity contribution in [2.75, 3.05) is 18.5 Å². The first-order valence-electron chi connectivity index (χ1n) is 6.02. The van der Waals surface area contributed by atoms with E-state index in [0.29, 0.717) is 19.8 Å². The van der Waals surface area contributed by atoms with Crippen LogP contribution in [-0.4, -0.2) is 31.3 Å². The smallest absolute Gasteiger partial charge is 0.253 e. The van der Waals surface area contributed by atoms with Gasteiger partial charge in [-0.05, 0) is 18.6 Å². The van der Waals surface area contributed by atoms with Crippen molar-refractivity contribution in [2.45, 2.75) is 25.7 Å². The van der Waals surface area contributed by atoms with Gasteiger partial charge in [0.2, 0.25) is 0 Å². The number of benzene rings is 1. The maximum absolute atomic E-state index is 11.9. The number of rotatable bonds is 5. The van der Waals surface area contributed by atoms with Crippen LogP contribution in [0.25, 0.3) is 0 Å². The number of amides is 1. The lowest BCUT2D eigenvalue weighted by molar-refractivity contribution is -0.161. The average molecular weight is 250 g/mol. The highest BCUT2D eigenvalue weighted by molar-refractivity contribution is 5.94. The number of ether oxygens (including phenoxy) is 2. The van der Waals surface area contributed by atoms with E-state index in [2.05, 4.69) is 5.32 Å². The molecule has 2 rings (SSSR count). The largest absolute Gasteiger partial charge is 0.376 e. The van der Waals surface area contributed by atoms with E-state index in [0.717, 1.165) is 11.3 Å². The molecule has 0 saturated carbocycles. The SMILES string of the molecule is CC(OC1COC1)C(=O)Nc1ccccc1CN. The molecule has 1 aromatic carbocycles. The summed E-state index contributed by atoms with van der Waals surface area (Å²) in [6, 6.07) is 7.48. The van der Waals surface area contributed by atoms with Crippen LogP contribution in [0.5, 0.6) is 0 Å². The van der Waals surface area contributed by atoms with Crippen molar-refractivity contribution in [3.05, 3.63) is 29.8 Å². The number of carbonyl (C=O) groups excluding carboxylic acids is 1. The van der Waals surface area contributed by atoms with Crippen LogP contribution in [0, 0.1) is 0 Å². The topological polar surface area (TPSA) is 73.6 Å². The fourth-order valence-electron chi connectivity index (χ4n) is 1.70. The monoisotopic (exact) mass is 250 g/mol. The van der Waals surface area contributed by atoms with Crippen molar-refractivity contribution in [1.29, 1.82) is 0 Å². The lowest BCUT2D eigenvalue weighted by Crippen LogP contribution is -2.41. The number of nitrogens with two attached hydrogens (primary N) is 1. The number of para-hydroxylation sites is 1. The molecule has 5 heteroatoms. The van der Waals surface area contributed by atoms with E-state index in [-0.39, 0.29) is 12.0 Å². The standard InChI is InChI=1S/C13H18N2O3/c1-9(18-11-7-17-8-11)13(16)15-12-5-3-2-4-10(12)6-14/h2-5,9,11H,6-8,14H2,1H3,(H,15,16). The van der Waals surface area contributed by atoms with Gasteiger partial charge in [0, 0.05) is 12.2 Å². The first-order valence-corrected chi connectivity index (χ1v) is 6.02. The van der Waals surface area contributed by atoms with Gasteiger partial charge in [0.15, 0.2) is 0 Å². The van der Waals surface area contributed by atoms with Crippen molar-refractivity contribution in [1.82, 2.24) is 0 Å². The van der Waals surface area contributed by atoms with E-state index in [4.69, 9.17) is 15.2 Å². The molecule has 18 heavy (non-hydrogen) atoms. The van der Waals surface area contributed by atoms with Crippen molar-refractivity contribution in [3.63, 3.8) is 0 Å². The molecule has 1 atom stereocenters. The Hall–Kier alpha value is -1.43. The van der Waals surface area contributed by atoms with E-state index in [1.807, 2.05) is 24.3 Å². The molecule has 0 radical (unpaired) electrons. The highest BCUT2D eigenvalue weighted by Gasteiger charge is 2.25. The van der Waals surface area contributed by atoms with Gasteiger partial charge < -0.3 is 20.5 Å². The molecule has 1 aromatic rings. The zero-order valence-corrected chi connectivity index (χ0v) is 10.4. The highest BCUT2D eigenvalue weighted by atomic mass is 16.6. The molecule has 1 fully saturated rings. The highest BCUT2D eigenvalue weighted by Crippen LogP contribution is 2.15. The Labute approximate surface area is 106 Å². The van der Waals surface area contributed by atoms with Crippen molar-refractivity contribution >= 4 is 11.6 Å². The number of hydrogen-bond donors (Lipinski definition) is 2. The summed E-state index contributed by atoms with van der Waals surface area (Å²) in [4.78, 5) is 11.9. The molecule has 3 N–H and O–H groups in total. The predicted octanol–water partition coefficient (Wildman–Crippen LogP) is 0.888. The Morgan fingerprint density at radius 2 is 2.28 bits per heavy atom. The summed E-state index contributed by atoms with van der Waals surface area (Å²) < 4.78 is 10.5. The summed E-state index contributed by atoms with van der Waals surface area (Å²) in [5.74, 6) is -0.164. The number of hydrogen-bond acceptors (Lipinski definition) is 4. The fraction of sp³-hybridized carbons (Fsp3) is 0.462. The Morgan fingerprint density at radius 3 is 2.89 bits per heavy atom. The second kappa shape index (κ2) is 5.95. The van der Waals surface area contributed by atoms with Gasteiger partial charge in [-0.15, -0.1) is 0 Å². The lowest BCUT2D eigenvalue weighted by Gasteiger charge is -2.28. The molecule has 1 amide bonds. The third kappa shape index (κ3) is 3.07. The Kier molecular flexibility index (Phi) is 4.30. The van der Waals surface area contributed by atoms with E-state index >= 15 is 0 Å². The predicted molar refractivity (Wildman–Crippen MR) is 68.1 cm³/mol. The summed E-state index contributed by atoms with van der Waals surface area (Å²) in [5, 5.41) is 2.83. The maximum Gasteiger partial charge on any atom is 0.253 e. The van der Waals surface area contributed by atoms with Crippen LogP contribution >= 0.6 is 0 Å². The second-order valence-corrected chi connectivity index (χ2v) is 4.29. The van der Waals surface area contributed by atoms with Gasteiger partial charge in [0.25, 0.3) is 5.91 Å². The van der Waals surface area contributed by atoms with Gasteiger partial charge in [-0.2, -0.15) is 0 Å². The number of anilines is 1. The summed E-state index contributed by atoms with van der Waals surface area (Å²) in [6.07, 6.45) is -0.458. The number of carbonyl (C=O) groups is 1. The maximum atomic E-state index is 11.9. The molecule has 0 aromatic heterocycles. The molecule has 1 saturated heterocycles. The van der Waals surface area contributed by atoms with Crippen LogP contribution in [0.2, 0.25) is 0 Å². The fourth-order valence-corrected chi connectivity index (χ4v) is 1.70. The molecule has 5 nitrogen and oxygen atoms in total. The van der Waals surface area contributed by atoms with Crippen LogP contribution in [0.3, 0.4) is 0 Å². The van der Waals surface area contributed by atoms with E-state index in [1.54, 1.807) is 6.92 Å². The summed E-state index contributed by atoms with van der Waals surface area (Å²) in [6.45, 7) is 3.26. The van der Waals surface area contributed by atoms with Crippen LogP contribution < -0.4 is 11.1 Å². The van der Waals surface area contributed by atoms with Crippen molar-refractivity contribution in [2.24, 2.45) is 5.73 Å². The van der Waals surface area contributed by atoms with Crippen LogP contribution in [0.1, 0.15) is 12.5 Å². The van der Waals surface area contributed by atoms with E-state index in [1.165, 1.54) is 0 Å². The van der Waals surface area contributed by atoms with E-state index in [9.17, 15) is 4.79 Å². The lowest BCUT2D eigenvalue weighted by atomic mass is 10.1. The minimum Gasteiger partial charge on any atom is -0.376 e. The van der Waals surface area contributed by atoms with Gasteiger partial charge in [-0.25, -0.2) is 0 Å².